The Kier molecular flexibility index (Phi) is 5.96. The predicted octanol–water partition coefficient (Wildman–Crippen LogP) is 6.40. The number of carboxylic acid groups (broad SMARTS) is 1. The second-order valence-corrected chi connectivity index (χ2v) is 7.34. The van der Waals surface area contributed by atoms with Gasteiger partial charge >= 0.3 is 6.16 Å². The second-order valence-electron chi connectivity index (χ2n) is 6.93. The van der Waals surface area contributed by atoms with Crippen LogP contribution < -0.4 is 9.47 Å². The highest BCUT2D eigenvalue weighted by atomic mass is 35.5. The largest absolute Gasteiger partial charge is 0.511 e. The first-order valence-electron chi connectivity index (χ1n) is 9.34. The fraction of sp³-hybridized carbons (Fsp3) is 0.0870. The normalized spacial score (nSPS) is 11.0. The summed E-state index contributed by atoms with van der Waals surface area (Å²) in [6.45, 7) is 0.0955. The lowest BCUT2D eigenvalue weighted by Crippen LogP contribution is -2.05. The molecule has 0 unspecified atom stereocenters. The van der Waals surface area contributed by atoms with E-state index in [1.807, 2.05) is 4.57 Å². The van der Waals surface area contributed by atoms with Gasteiger partial charge in [-0.2, -0.15) is 0 Å². The third-order valence-electron chi connectivity index (χ3n) is 4.78. The van der Waals surface area contributed by atoms with E-state index in [9.17, 15) is 18.0 Å². The minimum Gasteiger partial charge on any atom is -0.488 e. The lowest BCUT2D eigenvalue weighted by molar-refractivity contribution is 0.144. The average Bonchev–Trinajstić information content (AvgIpc) is 3.12. The number of hydrogen-bond acceptors (Lipinski definition) is 3. The van der Waals surface area contributed by atoms with Crippen molar-refractivity contribution in [1.82, 2.24) is 4.57 Å². The van der Waals surface area contributed by atoms with Crippen LogP contribution in [0.5, 0.6) is 11.5 Å². The molecule has 0 saturated carbocycles. The number of ether oxygens (including phenoxy) is 2. The van der Waals surface area contributed by atoms with Crippen molar-refractivity contribution in [3.63, 3.8) is 0 Å². The zero-order valence-electron chi connectivity index (χ0n) is 16.3. The van der Waals surface area contributed by atoms with Crippen LogP contribution in [0.4, 0.5) is 18.0 Å². The van der Waals surface area contributed by atoms with Crippen LogP contribution in [0.1, 0.15) is 11.1 Å². The Labute approximate surface area is 185 Å². The van der Waals surface area contributed by atoms with Gasteiger partial charge in [0.1, 0.15) is 23.9 Å². The molecule has 0 atom stereocenters. The van der Waals surface area contributed by atoms with Crippen molar-refractivity contribution < 1.29 is 32.5 Å². The van der Waals surface area contributed by atoms with E-state index in [0.29, 0.717) is 11.3 Å². The van der Waals surface area contributed by atoms with Gasteiger partial charge in [-0.15, -0.1) is 0 Å². The van der Waals surface area contributed by atoms with Crippen LogP contribution in [0.15, 0.2) is 60.8 Å². The van der Waals surface area contributed by atoms with E-state index in [2.05, 4.69) is 4.74 Å². The van der Waals surface area contributed by atoms with Gasteiger partial charge in [0.15, 0.2) is 11.6 Å². The third kappa shape index (κ3) is 4.65. The molecule has 0 aliphatic carbocycles. The Morgan fingerprint density at radius 1 is 0.969 bits per heavy atom. The van der Waals surface area contributed by atoms with Gasteiger partial charge < -0.3 is 19.1 Å². The monoisotopic (exact) mass is 461 g/mol. The van der Waals surface area contributed by atoms with Crippen LogP contribution >= 0.6 is 11.6 Å². The Morgan fingerprint density at radius 2 is 1.75 bits per heavy atom. The van der Waals surface area contributed by atoms with Gasteiger partial charge in [-0.05, 0) is 54.6 Å². The Balaban J connectivity index is 1.59. The summed E-state index contributed by atoms with van der Waals surface area (Å²) >= 11 is 5.96. The molecule has 0 bridgehead atoms. The van der Waals surface area contributed by atoms with Crippen molar-refractivity contribution in [3.8, 4) is 11.5 Å². The third-order valence-corrected chi connectivity index (χ3v) is 5.14. The fourth-order valence-corrected chi connectivity index (χ4v) is 3.51. The number of halogens is 4. The maximum atomic E-state index is 13.9. The summed E-state index contributed by atoms with van der Waals surface area (Å²) in [7, 11) is 0. The molecular formula is C23H15ClF3NO4. The van der Waals surface area contributed by atoms with E-state index in [0.717, 1.165) is 23.0 Å². The maximum Gasteiger partial charge on any atom is 0.511 e. The Hall–Kier alpha value is -3.65. The first-order valence-corrected chi connectivity index (χ1v) is 9.72. The van der Waals surface area contributed by atoms with E-state index >= 15 is 0 Å². The Bertz CT molecular complexity index is 1320. The summed E-state index contributed by atoms with van der Waals surface area (Å²) in [5, 5.41) is 9.50. The van der Waals surface area contributed by atoms with Gasteiger partial charge in [-0.1, -0.05) is 11.6 Å². The second kappa shape index (κ2) is 8.84. The summed E-state index contributed by atoms with van der Waals surface area (Å²) in [6, 6.07) is 12.4. The SMILES string of the molecule is O=C(O)Oc1ccc2c(ccn2Cc2cc(F)ccc2OCc2cc(F)c(F)cc2Cl)c1. The average molecular weight is 462 g/mol. The highest BCUT2D eigenvalue weighted by molar-refractivity contribution is 6.31. The Morgan fingerprint density at radius 3 is 2.53 bits per heavy atom. The van der Waals surface area contributed by atoms with Gasteiger partial charge in [0.25, 0.3) is 0 Å². The van der Waals surface area contributed by atoms with Crippen molar-refractivity contribution in [2.24, 2.45) is 0 Å². The molecule has 0 saturated heterocycles. The molecule has 4 rings (SSSR count). The summed E-state index contributed by atoms with van der Waals surface area (Å²) < 4.78 is 53.0. The lowest BCUT2D eigenvalue weighted by atomic mass is 10.1. The molecule has 9 heteroatoms. The topological polar surface area (TPSA) is 60.7 Å². The number of carbonyl (C=O) groups is 1. The van der Waals surface area contributed by atoms with Gasteiger partial charge in [0, 0.05) is 28.2 Å². The molecule has 1 heterocycles. The van der Waals surface area contributed by atoms with E-state index in [1.165, 1.54) is 24.3 Å². The van der Waals surface area contributed by atoms with E-state index < -0.39 is 23.6 Å². The molecule has 4 aromatic rings. The van der Waals surface area contributed by atoms with Crippen LogP contribution in [-0.2, 0) is 13.2 Å². The quantitative estimate of drug-likeness (QED) is 0.205. The minimum absolute atomic E-state index is 0.0170. The van der Waals surface area contributed by atoms with Gasteiger partial charge in [0.05, 0.1) is 11.6 Å². The van der Waals surface area contributed by atoms with Crippen LogP contribution in [0.25, 0.3) is 10.9 Å². The zero-order chi connectivity index (χ0) is 22.8. The summed E-state index contributed by atoms with van der Waals surface area (Å²) in [4.78, 5) is 10.7. The first-order chi connectivity index (χ1) is 15.3. The first kappa shape index (κ1) is 21.6. The highest BCUT2D eigenvalue weighted by Crippen LogP contribution is 2.28. The molecule has 0 aliphatic rings. The van der Waals surface area contributed by atoms with Crippen molar-refractivity contribution in [1.29, 1.82) is 0 Å². The van der Waals surface area contributed by atoms with Gasteiger partial charge in [-0.3, -0.25) is 0 Å². The van der Waals surface area contributed by atoms with Gasteiger partial charge in [-0.25, -0.2) is 18.0 Å². The number of benzene rings is 3. The van der Waals surface area contributed by atoms with Crippen LogP contribution in [0.3, 0.4) is 0 Å². The zero-order valence-corrected chi connectivity index (χ0v) is 17.1. The molecule has 1 aromatic heterocycles. The van der Waals surface area contributed by atoms with E-state index in [1.54, 1.807) is 24.4 Å². The van der Waals surface area contributed by atoms with Crippen molar-refractivity contribution >= 4 is 28.7 Å². The molecular weight excluding hydrogens is 447 g/mol. The summed E-state index contributed by atoms with van der Waals surface area (Å²) in [5.74, 6) is -2.04. The van der Waals surface area contributed by atoms with Crippen molar-refractivity contribution in [3.05, 3.63) is 94.4 Å². The standard InChI is InChI=1S/C23H15ClF3NO4/c24-18-10-20(27)19(26)9-15(18)12-31-22-4-1-16(25)7-14(22)11-28-6-5-13-8-17(32-23(29)30)2-3-21(13)28/h1-10H,11-12H2,(H,29,30). The molecule has 0 spiro atoms. The molecule has 3 aromatic carbocycles. The number of hydrogen-bond donors (Lipinski definition) is 1. The van der Waals surface area contributed by atoms with E-state index in [-0.39, 0.29) is 29.5 Å². The molecule has 0 amide bonds. The molecule has 0 aliphatic heterocycles. The molecule has 32 heavy (non-hydrogen) atoms. The van der Waals surface area contributed by atoms with Crippen molar-refractivity contribution in [2.75, 3.05) is 0 Å². The van der Waals surface area contributed by atoms with Gasteiger partial charge in [0.2, 0.25) is 0 Å². The molecule has 1 N–H and O–H groups in total. The number of rotatable bonds is 6. The number of nitrogens with zero attached hydrogens (tertiary/aromatic N) is 1. The summed E-state index contributed by atoms with van der Waals surface area (Å²) in [6.07, 6.45) is 0.349. The molecule has 164 valence electrons. The number of aromatic nitrogens is 1. The minimum atomic E-state index is -1.41. The van der Waals surface area contributed by atoms with Crippen LogP contribution in [0, 0.1) is 17.5 Å². The number of fused-ring (bicyclic) bond motifs is 1. The van der Waals surface area contributed by atoms with Crippen LogP contribution in [-0.4, -0.2) is 15.8 Å². The van der Waals surface area contributed by atoms with E-state index in [4.69, 9.17) is 21.4 Å². The molecule has 5 nitrogen and oxygen atoms in total. The summed E-state index contributed by atoms with van der Waals surface area (Å²) in [5.41, 5.74) is 1.52. The van der Waals surface area contributed by atoms with Crippen LogP contribution in [0.2, 0.25) is 5.02 Å². The highest BCUT2D eigenvalue weighted by Gasteiger charge is 2.13. The molecule has 0 fully saturated rings. The van der Waals surface area contributed by atoms with Crippen molar-refractivity contribution in [2.45, 2.75) is 13.2 Å². The lowest BCUT2D eigenvalue weighted by Gasteiger charge is -2.14. The fourth-order valence-electron chi connectivity index (χ4n) is 3.31. The maximum absolute atomic E-state index is 13.9. The predicted molar refractivity (Wildman–Crippen MR) is 112 cm³/mol. The smallest absolute Gasteiger partial charge is 0.488 e. The molecule has 0 radical (unpaired) electrons.